The molecule has 0 bridgehead atoms. The Morgan fingerprint density at radius 3 is 1.68 bits per heavy atom. The molecule has 0 aromatic heterocycles. The normalized spacial score (nSPS) is 23.3. The Labute approximate surface area is 178 Å². The molecule has 0 atom stereocenters. The Bertz CT molecular complexity index is 1040. The minimum absolute atomic E-state index is 0.0138. The number of benzene rings is 2. The molecule has 2 aromatic rings. The van der Waals surface area contributed by atoms with Crippen molar-refractivity contribution in [2.75, 3.05) is 26.8 Å². The van der Waals surface area contributed by atoms with Gasteiger partial charge < -0.3 is 28.4 Å². The number of ether oxygens (including phenoxy) is 6. The Balaban J connectivity index is 1.37. The van der Waals surface area contributed by atoms with Gasteiger partial charge in [0.1, 0.15) is 0 Å². The zero-order chi connectivity index (χ0) is 20.8. The number of rotatable bonds is 2. The monoisotopic (exact) mass is 420 g/mol. The van der Waals surface area contributed by atoms with Gasteiger partial charge in [-0.15, -0.1) is 0 Å². The predicted octanol–water partition coefficient (Wildman–Crippen LogP) is 3.72. The van der Waals surface area contributed by atoms with E-state index in [0.29, 0.717) is 60.2 Å². The highest BCUT2D eigenvalue weighted by Crippen LogP contribution is 2.42. The number of ketones is 1. The van der Waals surface area contributed by atoms with Crippen LogP contribution in [-0.4, -0.2) is 38.4 Å². The minimum Gasteiger partial charge on any atom is -0.454 e. The summed E-state index contributed by atoms with van der Waals surface area (Å²) >= 11 is 0. The third-order valence-electron chi connectivity index (χ3n) is 5.79. The van der Waals surface area contributed by atoms with Crippen LogP contribution < -0.4 is 18.9 Å². The van der Waals surface area contributed by atoms with Crippen molar-refractivity contribution in [3.63, 3.8) is 0 Å². The van der Waals surface area contributed by atoms with Gasteiger partial charge in [-0.3, -0.25) is 4.79 Å². The largest absolute Gasteiger partial charge is 0.454 e. The molecule has 7 nitrogen and oxygen atoms in total. The van der Waals surface area contributed by atoms with Gasteiger partial charge in [0.15, 0.2) is 34.6 Å². The third kappa shape index (κ3) is 3.36. The zero-order valence-electron chi connectivity index (χ0n) is 16.7. The van der Waals surface area contributed by atoms with Crippen LogP contribution in [0.3, 0.4) is 0 Å². The molecule has 6 rings (SSSR count). The zero-order valence-corrected chi connectivity index (χ0v) is 16.7. The van der Waals surface area contributed by atoms with Gasteiger partial charge in [0, 0.05) is 24.0 Å². The number of carbonyl (C=O) groups is 1. The van der Waals surface area contributed by atoms with E-state index in [1.165, 1.54) is 0 Å². The van der Waals surface area contributed by atoms with Crippen LogP contribution in [0.15, 0.2) is 47.5 Å². The summed E-state index contributed by atoms with van der Waals surface area (Å²) in [5, 5.41) is 0. The summed E-state index contributed by atoms with van der Waals surface area (Å²) in [6.45, 7) is 1.45. The fourth-order valence-electron chi connectivity index (χ4n) is 4.35. The summed E-state index contributed by atoms with van der Waals surface area (Å²) in [4.78, 5) is 13.4. The lowest BCUT2D eigenvalue weighted by Crippen LogP contribution is -2.38. The fourth-order valence-corrected chi connectivity index (χ4v) is 4.35. The van der Waals surface area contributed by atoms with Gasteiger partial charge in [-0.05, 0) is 47.5 Å². The maximum atomic E-state index is 13.4. The Morgan fingerprint density at radius 1 is 0.677 bits per heavy atom. The Kier molecular flexibility index (Phi) is 4.26. The molecule has 0 radical (unpaired) electrons. The molecule has 158 valence electrons. The van der Waals surface area contributed by atoms with E-state index >= 15 is 0 Å². The van der Waals surface area contributed by atoms with Crippen LogP contribution in [-0.2, 0) is 14.3 Å². The quantitative estimate of drug-likeness (QED) is 0.686. The fraction of sp³-hybridized carbons (Fsp3) is 0.292. The Hall–Kier alpha value is -3.29. The van der Waals surface area contributed by atoms with Crippen LogP contribution in [0, 0.1) is 0 Å². The van der Waals surface area contributed by atoms with E-state index in [2.05, 4.69) is 0 Å². The first-order valence-corrected chi connectivity index (χ1v) is 10.2. The number of hydrogen-bond acceptors (Lipinski definition) is 7. The molecule has 3 heterocycles. The summed E-state index contributed by atoms with van der Waals surface area (Å²) in [6, 6.07) is 11.3. The van der Waals surface area contributed by atoms with E-state index < -0.39 is 5.79 Å². The molecule has 1 saturated heterocycles. The number of Topliss-reactive ketones (excluding diaryl/α,β-unsaturated/α-hetero) is 1. The van der Waals surface area contributed by atoms with Crippen LogP contribution in [0.1, 0.15) is 24.0 Å². The number of carbonyl (C=O) groups excluding carboxylic acids is 1. The van der Waals surface area contributed by atoms with Crippen LogP contribution >= 0.6 is 0 Å². The molecule has 2 aromatic carbocycles. The highest BCUT2D eigenvalue weighted by atomic mass is 16.7. The maximum Gasteiger partial charge on any atom is 0.231 e. The van der Waals surface area contributed by atoms with Crippen molar-refractivity contribution < 1.29 is 33.2 Å². The van der Waals surface area contributed by atoms with Crippen LogP contribution in [0.2, 0.25) is 0 Å². The predicted molar refractivity (Wildman–Crippen MR) is 110 cm³/mol. The SMILES string of the molecule is O=C1/C(=C/c2ccc3c(c2)OCO3)CC2(C/C1=C\c1ccc3c(c1)OCO3)OCCO2. The average Bonchev–Trinajstić information content (AvgIpc) is 3.52. The van der Waals surface area contributed by atoms with E-state index in [1.54, 1.807) is 0 Å². The van der Waals surface area contributed by atoms with Gasteiger partial charge in [-0.1, -0.05) is 12.1 Å². The highest BCUT2D eigenvalue weighted by Gasteiger charge is 2.44. The van der Waals surface area contributed by atoms with Crippen LogP contribution in [0.25, 0.3) is 12.2 Å². The van der Waals surface area contributed by atoms with Crippen molar-refractivity contribution in [2.24, 2.45) is 0 Å². The van der Waals surface area contributed by atoms with E-state index in [4.69, 9.17) is 28.4 Å². The van der Waals surface area contributed by atoms with Gasteiger partial charge in [0.2, 0.25) is 13.6 Å². The minimum atomic E-state index is -0.807. The van der Waals surface area contributed by atoms with Crippen molar-refractivity contribution in [3.05, 3.63) is 58.7 Å². The number of hydrogen-bond donors (Lipinski definition) is 0. The molecule has 31 heavy (non-hydrogen) atoms. The number of fused-ring (bicyclic) bond motifs is 2. The summed E-state index contributed by atoms with van der Waals surface area (Å²) in [6.07, 6.45) is 4.56. The van der Waals surface area contributed by atoms with Gasteiger partial charge >= 0.3 is 0 Å². The second kappa shape index (κ2) is 7.14. The standard InChI is InChI=1S/C24H20O7/c25-23-17(7-15-1-3-19-21(9-15)28-13-26-19)11-24(30-5-6-31-24)12-18(23)8-16-2-4-20-22(10-16)29-14-27-20/h1-4,7-10H,5-6,11-14H2/b17-7+,18-8+. The molecule has 0 amide bonds. The highest BCUT2D eigenvalue weighted by molar-refractivity contribution is 6.14. The van der Waals surface area contributed by atoms with Crippen molar-refractivity contribution >= 4 is 17.9 Å². The molecule has 7 heteroatoms. The summed E-state index contributed by atoms with van der Waals surface area (Å²) in [7, 11) is 0. The first-order chi connectivity index (χ1) is 15.2. The van der Waals surface area contributed by atoms with E-state index in [0.717, 1.165) is 11.1 Å². The molecule has 1 spiro atoms. The second-order valence-electron chi connectivity index (χ2n) is 7.85. The molecular weight excluding hydrogens is 400 g/mol. The van der Waals surface area contributed by atoms with Crippen molar-refractivity contribution in [2.45, 2.75) is 18.6 Å². The molecule has 1 saturated carbocycles. The molecule has 2 fully saturated rings. The molecular formula is C24H20O7. The maximum absolute atomic E-state index is 13.4. The molecule has 0 unspecified atom stereocenters. The lowest BCUT2D eigenvalue weighted by atomic mass is 9.82. The summed E-state index contributed by atoms with van der Waals surface area (Å²) in [5.74, 6) is 1.95. The topological polar surface area (TPSA) is 72.5 Å². The molecule has 1 aliphatic carbocycles. The van der Waals surface area contributed by atoms with Gasteiger partial charge in [0.05, 0.1) is 13.2 Å². The van der Waals surface area contributed by atoms with Gasteiger partial charge in [-0.2, -0.15) is 0 Å². The average molecular weight is 420 g/mol. The summed E-state index contributed by atoms with van der Waals surface area (Å²) < 4.78 is 33.6. The Morgan fingerprint density at radius 2 is 1.16 bits per heavy atom. The van der Waals surface area contributed by atoms with Crippen molar-refractivity contribution in [1.82, 2.24) is 0 Å². The second-order valence-corrected chi connectivity index (χ2v) is 7.85. The van der Waals surface area contributed by atoms with E-state index in [1.807, 2.05) is 48.6 Å². The molecule has 0 N–H and O–H groups in total. The smallest absolute Gasteiger partial charge is 0.231 e. The van der Waals surface area contributed by atoms with Crippen molar-refractivity contribution in [3.8, 4) is 23.0 Å². The molecule has 3 aliphatic heterocycles. The van der Waals surface area contributed by atoms with Crippen LogP contribution in [0.4, 0.5) is 0 Å². The third-order valence-corrected chi connectivity index (χ3v) is 5.79. The van der Waals surface area contributed by atoms with Gasteiger partial charge in [0.25, 0.3) is 0 Å². The first-order valence-electron chi connectivity index (χ1n) is 10.2. The summed E-state index contributed by atoms with van der Waals surface area (Å²) in [5.41, 5.74) is 3.01. The lowest BCUT2D eigenvalue weighted by molar-refractivity contribution is -0.161. The first kappa shape index (κ1) is 18.5. The van der Waals surface area contributed by atoms with Crippen molar-refractivity contribution in [1.29, 1.82) is 0 Å². The van der Waals surface area contributed by atoms with Crippen LogP contribution in [0.5, 0.6) is 23.0 Å². The molecule has 4 aliphatic rings. The van der Waals surface area contributed by atoms with E-state index in [-0.39, 0.29) is 19.4 Å². The van der Waals surface area contributed by atoms with E-state index in [9.17, 15) is 4.79 Å². The lowest BCUT2D eigenvalue weighted by Gasteiger charge is -2.33. The van der Waals surface area contributed by atoms with Gasteiger partial charge in [-0.25, -0.2) is 0 Å².